The maximum absolute atomic E-state index is 13.4. The van der Waals surface area contributed by atoms with Gasteiger partial charge in [-0.25, -0.2) is 9.18 Å². The molecule has 1 aromatic carbocycles. The lowest BCUT2D eigenvalue weighted by Gasteiger charge is -2.10. The Labute approximate surface area is 97.8 Å². The zero-order valence-electron chi connectivity index (χ0n) is 8.96. The van der Waals surface area contributed by atoms with Crippen LogP contribution in [0, 0.1) is 11.7 Å². The molecule has 1 rings (SSSR count). The van der Waals surface area contributed by atoms with Crippen molar-refractivity contribution in [1.82, 2.24) is 0 Å². The van der Waals surface area contributed by atoms with Gasteiger partial charge in [-0.3, -0.25) is 0 Å². The molecule has 0 aliphatic rings. The highest BCUT2D eigenvalue weighted by atomic mass is 35.5. The van der Waals surface area contributed by atoms with Crippen molar-refractivity contribution in [1.29, 1.82) is 0 Å². The first-order chi connectivity index (χ1) is 7.41. The first kappa shape index (κ1) is 12.8. The standard InChI is InChI=1S/C11H12ClFO3/c1-6(2)5-16-9-4-7(11(14)15)3-8(12)10(9)13/h3-4,6H,5H2,1-2H3,(H,14,15). The second-order valence-electron chi connectivity index (χ2n) is 3.78. The van der Waals surface area contributed by atoms with E-state index in [4.69, 9.17) is 21.4 Å². The molecule has 0 saturated heterocycles. The second-order valence-corrected chi connectivity index (χ2v) is 4.19. The van der Waals surface area contributed by atoms with E-state index in [9.17, 15) is 9.18 Å². The third-order valence-corrected chi connectivity index (χ3v) is 2.09. The van der Waals surface area contributed by atoms with Crippen molar-refractivity contribution in [3.05, 3.63) is 28.5 Å². The van der Waals surface area contributed by atoms with Crippen molar-refractivity contribution < 1.29 is 19.0 Å². The van der Waals surface area contributed by atoms with E-state index < -0.39 is 11.8 Å². The van der Waals surface area contributed by atoms with Crippen LogP contribution in [0.4, 0.5) is 4.39 Å². The summed E-state index contributed by atoms with van der Waals surface area (Å²) in [7, 11) is 0. The summed E-state index contributed by atoms with van der Waals surface area (Å²) in [5.74, 6) is -1.81. The van der Waals surface area contributed by atoms with Gasteiger partial charge in [0.2, 0.25) is 0 Å². The summed E-state index contributed by atoms with van der Waals surface area (Å²) in [6.07, 6.45) is 0. The zero-order chi connectivity index (χ0) is 12.3. The number of carboxylic acid groups (broad SMARTS) is 1. The van der Waals surface area contributed by atoms with Crippen LogP contribution < -0.4 is 4.74 Å². The van der Waals surface area contributed by atoms with Crippen molar-refractivity contribution in [3.63, 3.8) is 0 Å². The van der Waals surface area contributed by atoms with Crippen LogP contribution in [0.5, 0.6) is 5.75 Å². The van der Waals surface area contributed by atoms with E-state index in [0.717, 1.165) is 12.1 Å². The molecule has 0 bridgehead atoms. The summed E-state index contributed by atoms with van der Waals surface area (Å²) in [6.45, 7) is 4.11. The van der Waals surface area contributed by atoms with E-state index in [1.54, 1.807) is 0 Å². The van der Waals surface area contributed by atoms with Crippen LogP contribution in [-0.4, -0.2) is 17.7 Å². The maximum Gasteiger partial charge on any atom is 0.335 e. The summed E-state index contributed by atoms with van der Waals surface area (Å²) in [5, 5.41) is 8.51. The van der Waals surface area contributed by atoms with Gasteiger partial charge in [0.05, 0.1) is 17.2 Å². The fourth-order valence-corrected chi connectivity index (χ4v) is 1.26. The number of hydrogen-bond donors (Lipinski definition) is 1. The van der Waals surface area contributed by atoms with Crippen molar-refractivity contribution in [2.75, 3.05) is 6.61 Å². The lowest BCUT2D eigenvalue weighted by Crippen LogP contribution is -2.07. The van der Waals surface area contributed by atoms with Crippen LogP contribution >= 0.6 is 11.6 Å². The van der Waals surface area contributed by atoms with Crippen molar-refractivity contribution in [2.24, 2.45) is 5.92 Å². The van der Waals surface area contributed by atoms with Gasteiger partial charge in [0, 0.05) is 0 Å². The van der Waals surface area contributed by atoms with Crippen molar-refractivity contribution in [2.45, 2.75) is 13.8 Å². The molecule has 0 atom stereocenters. The minimum atomic E-state index is -1.17. The van der Waals surface area contributed by atoms with Gasteiger partial charge in [0.15, 0.2) is 11.6 Å². The maximum atomic E-state index is 13.4. The lowest BCUT2D eigenvalue weighted by molar-refractivity contribution is 0.0696. The first-order valence-corrected chi connectivity index (χ1v) is 5.14. The van der Waals surface area contributed by atoms with Gasteiger partial charge in [0.25, 0.3) is 0 Å². The summed E-state index contributed by atoms with van der Waals surface area (Å²) < 4.78 is 18.6. The molecule has 88 valence electrons. The normalized spacial score (nSPS) is 10.6. The Morgan fingerprint density at radius 3 is 2.69 bits per heavy atom. The highest BCUT2D eigenvalue weighted by Crippen LogP contribution is 2.27. The molecule has 0 spiro atoms. The van der Waals surface area contributed by atoms with Crippen molar-refractivity contribution in [3.8, 4) is 5.75 Å². The van der Waals surface area contributed by atoms with Crippen LogP contribution in [0.15, 0.2) is 12.1 Å². The first-order valence-electron chi connectivity index (χ1n) is 4.77. The average molecular weight is 247 g/mol. The van der Waals surface area contributed by atoms with E-state index in [1.807, 2.05) is 13.8 Å². The molecule has 0 fully saturated rings. The topological polar surface area (TPSA) is 46.5 Å². The Bertz CT molecular complexity index is 404. The Hall–Kier alpha value is -1.29. The van der Waals surface area contributed by atoms with E-state index in [-0.39, 0.29) is 22.3 Å². The number of rotatable bonds is 4. The van der Waals surface area contributed by atoms with E-state index in [1.165, 1.54) is 0 Å². The second kappa shape index (κ2) is 5.16. The Balaban J connectivity index is 3.02. The predicted octanol–water partition coefficient (Wildman–Crippen LogP) is 3.21. The molecule has 0 amide bonds. The molecule has 0 aliphatic heterocycles. The SMILES string of the molecule is CC(C)COc1cc(C(=O)O)cc(Cl)c1F. The van der Waals surface area contributed by atoms with Crippen LogP contribution in [-0.2, 0) is 0 Å². The number of ether oxygens (including phenoxy) is 1. The van der Waals surface area contributed by atoms with E-state index in [2.05, 4.69) is 0 Å². The van der Waals surface area contributed by atoms with Crippen LogP contribution in [0.3, 0.4) is 0 Å². The fourth-order valence-electron chi connectivity index (χ4n) is 1.05. The number of aromatic carboxylic acids is 1. The van der Waals surface area contributed by atoms with Gasteiger partial charge in [-0.05, 0) is 18.1 Å². The van der Waals surface area contributed by atoms with E-state index in [0.29, 0.717) is 6.61 Å². The highest BCUT2D eigenvalue weighted by Gasteiger charge is 2.14. The largest absolute Gasteiger partial charge is 0.490 e. The molecule has 1 aromatic rings. The van der Waals surface area contributed by atoms with E-state index >= 15 is 0 Å². The molecule has 0 radical (unpaired) electrons. The molecular weight excluding hydrogens is 235 g/mol. The predicted molar refractivity (Wildman–Crippen MR) is 58.7 cm³/mol. The van der Waals surface area contributed by atoms with Crippen LogP contribution in [0.1, 0.15) is 24.2 Å². The van der Waals surface area contributed by atoms with Gasteiger partial charge in [-0.2, -0.15) is 0 Å². The molecule has 3 nitrogen and oxygen atoms in total. The van der Waals surface area contributed by atoms with Gasteiger partial charge in [-0.15, -0.1) is 0 Å². The minimum Gasteiger partial charge on any atom is -0.490 e. The van der Waals surface area contributed by atoms with Crippen LogP contribution in [0.25, 0.3) is 0 Å². The minimum absolute atomic E-state index is 0.0924. The Kier molecular flexibility index (Phi) is 4.12. The molecule has 1 N–H and O–H groups in total. The summed E-state index contributed by atoms with van der Waals surface area (Å²) in [4.78, 5) is 10.7. The quantitative estimate of drug-likeness (QED) is 0.887. The zero-order valence-corrected chi connectivity index (χ0v) is 9.71. The summed E-state index contributed by atoms with van der Waals surface area (Å²) >= 11 is 5.56. The monoisotopic (exact) mass is 246 g/mol. The number of halogens is 2. The Morgan fingerprint density at radius 2 is 2.19 bits per heavy atom. The highest BCUT2D eigenvalue weighted by molar-refractivity contribution is 6.31. The third kappa shape index (κ3) is 3.10. The lowest BCUT2D eigenvalue weighted by atomic mass is 10.2. The summed E-state index contributed by atoms with van der Waals surface area (Å²) in [6, 6.07) is 2.19. The van der Waals surface area contributed by atoms with Gasteiger partial charge >= 0.3 is 5.97 Å². The molecule has 0 aromatic heterocycles. The smallest absolute Gasteiger partial charge is 0.335 e. The van der Waals surface area contributed by atoms with Gasteiger partial charge in [0.1, 0.15) is 0 Å². The molecule has 5 heteroatoms. The number of carboxylic acids is 1. The van der Waals surface area contributed by atoms with Gasteiger partial charge < -0.3 is 9.84 Å². The molecular formula is C11H12ClFO3. The van der Waals surface area contributed by atoms with Crippen molar-refractivity contribution >= 4 is 17.6 Å². The number of benzene rings is 1. The molecule has 0 aliphatic carbocycles. The molecule has 0 heterocycles. The molecule has 16 heavy (non-hydrogen) atoms. The molecule has 0 unspecified atom stereocenters. The Morgan fingerprint density at radius 1 is 1.56 bits per heavy atom. The third-order valence-electron chi connectivity index (χ3n) is 1.81. The van der Waals surface area contributed by atoms with Crippen LogP contribution in [0.2, 0.25) is 5.02 Å². The average Bonchev–Trinajstić information content (AvgIpc) is 2.19. The van der Waals surface area contributed by atoms with Gasteiger partial charge in [-0.1, -0.05) is 25.4 Å². The number of carbonyl (C=O) groups is 1. The fraction of sp³-hybridized carbons (Fsp3) is 0.364. The molecule has 0 saturated carbocycles. The number of hydrogen-bond acceptors (Lipinski definition) is 2. The summed E-state index contributed by atoms with van der Waals surface area (Å²) in [5.41, 5.74) is -0.0924.